The fourth-order valence-corrected chi connectivity index (χ4v) is 2.10. The standard InChI is InChI=1S/C14H26N2O4S/c1-13(2,3)20-12(17)16-7-8-19-11(10-16)9-15-21(18)14(4,5)6/h9,11H,7-8,10H2,1-6H3/t11-,21+/m1/s1. The van der Waals surface area contributed by atoms with Crippen LogP contribution in [0.5, 0.6) is 0 Å². The Labute approximate surface area is 129 Å². The fourth-order valence-electron chi connectivity index (χ4n) is 1.54. The van der Waals surface area contributed by atoms with Crippen LogP contribution in [0, 0.1) is 0 Å². The molecule has 1 fully saturated rings. The van der Waals surface area contributed by atoms with Gasteiger partial charge in [-0.05, 0) is 41.5 Å². The number of nitrogens with zero attached hydrogens (tertiary/aromatic N) is 2. The van der Waals surface area contributed by atoms with Crippen molar-refractivity contribution in [2.24, 2.45) is 4.40 Å². The number of carbonyl (C=O) groups excluding carboxylic acids is 1. The lowest BCUT2D eigenvalue weighted by atomic mass is 10.2. The van der Waals surface area contributed by atoms with Crippen LogP contribution in [0.1, 0.15) is 41.5 Å². The Morgan fingerprint density at radius 2 is 1.95 bits per heavy atom. The van der Waals surface area contributed by atoms with Crippen molar-refractivity contribution in [3.05, 3.63) is 0 Å². The Kier molecular flexibility index (Phi) is 5.92. The van der Waals surface area contributed by atoms with Gasteiger partial charge in [-0.1, -0.05) is 0 Å². The maximum absolute atomic E-state index is 12.0. The first-order chi connectivity index (χ1) is 9.49. The van der Waals surface area contributed by atoms with Gasteiger partial charge in [-0.15, -0.1) is 0 Å². The Morgan fingerprint density at radius 3 is 2.48 bits per heavy atom. The molecule has 0 saturated carbocycles. The highest BCUT2D eigenvalue weighted by molar-refractivity contribution is 7.85. The Balaban J connectivity index is 2.59. The molecule has 1 aliphatic rings. The van der Waals surface area contributed by atoms with Gasteiger partial charge in [0.2, 0.25) is 0 Å². The van der Waals surface area contributed by atoms with Crippen molar-refractivity contribution in [2.75, 3.05) is 19.7 Å². The van der Waals surface area contributed by atoms with Gasteiger partial charge in [-0.2, -0.15) is 4.40 Å². The van der Waals surface area contributed by atoms with E-state index < -0.39 is 21.3 Å². The molecule has 0 unspecified atom stereocenters. The minimum absolute atomic E-state index is 0.349. The van der Waals surface area contributed by atoms with Crippen LogP contribution in [0.4, 0.5) is 4.79 Å². The normalized spacial score (nSPS) is 22.4. The molecule has 6 nitrogen and oxygen atoms in total. The quantitative estimate of drug-likeness (QED) is 0.732. The number of rotatable bonds is 2. The molecule has 0 radical (unpaired) electrons. The van der Waals surface area contributed by atoms with E-state index in [0.717, 1.165) is 0 Å². The monoisotopic (exact) mass is 318 g/mol. The summed E-state index contributed by atoms with van der Waals surface area (Å²) < 4.78 is 26.3. The van der Waals surface area contributed by atoms with E-state index >= 15 is 0 Å². The van der Waals surface area contributed by atoms with E-state index in [-0.39, 0.29) is 12.2 Å². The molecule has 1 saturated heterocycles. The molecule has 1 amide bonds. The second kappa shape index (κ2) is 6.87. The summed E-state index contributed by atoms with van der Waals surface area (Å²) in [5, 5.41) is 0. The third-order valence-corrected chi connectivity index (χ3v) is 3.95. The van der Waals surface area contributed by atoms with Crippen LogP contribution in [0.15, 0.2) is 4.40 Å². The van der Waals surface area contributed by atoms with E-state index in [1.165, 1.54) is 6.21 Å². The fraction of sp³-hybridized carbons (Fsp3) is 0.857. The van der Waals surface area contributed by atoms with E-state index in [2.05, 4.69) is 4.40 Å². The highest BCUT2D eigenvalue weighted by atomic mass is 32.2. The molecule has 2 atom stereocenters. The molecule has 0 aromatic heterocycles. The van der Waals surface area contributed by atoms with Crippen molar-refractivity contribution in [1.82, 2.24) is 4.90 Å². The lowest BCUT2D eigenvalue weighted by Gasteiger charge is -2.32. The number of hydrogen-bond acceptors (Lipinski definition) is 4. The first-order valence-electron chi connectivity index (χ1n) is 7.05. The molecule has 1 rings (SSSR count). The average Bonchev–Trinajstić information content (AvgIpc) is 2.33. The summed E-state index contributed by atoms with van der Waals surface area (Å²) >= 11 is 0. The molecule has 0 spiro atoms. The third-order valence-electron chi connectivity index (χ3n) is 2.59. The smallest absolute Gasteiger partial charge is 0.410 e. The summed E-state index contributed by atoms with van der Waals surface area (Å²) in [5.41, 5.74) is -0.521. The van der Waals surface area contributed by atoms with Crippen molar-refractivity contribution in [3.63, 3.8) is 0 Å². The average molecular weight is 318 g/mol. The van der Waals surface area contributed by atoms with E-state index in [1.807, 2.05) is 41.5 Å². The van der Waals surface area contributed by atoms with Crippen molar-refractivity contribution < 1.29 is 18.5 Å². The van der Waals surface area contributed by atoms with Crippen molar-refractivity contribution in [3.8, 4) is 0 Å². The van der Waals surface area contributed by atoms with Crippen LogP contribution in [-0.4, -0.2) is 57.6 Å². The van der Waals surface area contributed by atoms with Gasteiger partial charge >= 0.3 is 6.09 Å². The maximum Gasteiger partial charge on any atom is 0.410 e. The van der Waals surface area contributed by atoms with Crippen molar-refractivity contribution >= 4 is 23.3 Å². The first kappa shape index (κ1) is 18.1. The van der Waals surface area contributed by atoms with Gasteiger partial charge < -0.3 is 14.4 Å². The molecular formula is C14H26N2O4S. The van der Waals surface area contributed by atoms with Crippen LogP contribution < -0.4 is 0 Å². The zero-order chi connectivity index (χ0) is 16.3. The Bertz CT molecular complexity index is 424. The van der Waals surface area contributed by atoms with E-state index in [1.54, 1.807) is 4.90 Å². The molecule has 21 heavy (non-hydrogen) atoms. The van der Waals surface area contributed by atoms with Crippen LogP contribution in [0.25, 0.3) is 0 Å². The van der Waals surface area contributed by atoms with Gasteiger partial charge in [0.05, 0.1) is 17.9 Å². The molecule has 7 heteroatoms. The minimum Gasteiger partial charge on any atom is -0.444 e. The van der Waals surface area contributed by atoms with Crippen molar-refractivity contribution in [2.45, 2.75) is 58.0 Å². The van der Waals surface area contributed by atoms with E-state index in [4.69, 9.17) is 9.47 Å². The highest BCUT2D eigenvalue weighted by Crippen LogP contribution is 2.14. The number of morpholine rings is 1. The first-order valence-corrected chi connectivity index (χ1v) is 8.15. The summed E-state index contributed by atoms with van der Waals surface area (Å²) in [6.45, 7) is 12.3. The molecule has 0 aromatic carbocycles. The summed E-state index contributed by atoms with van der Waals surface area (Å²) in [7, 11) is -1.32. The predicted octanol–water partition coefficient (Wildman–Crippen LogP) is 2.16. The zero-order valence-corrected chi connectivity index (χ0v) is 14.5. The largest absolute Gasteiger partial charge is 0.444 e. The summed E-state index contributed by atoms with van der Waals surface area (Å²) in [6.07, 6.45) is 0.816. The second-order valence-corrected chi connectivity index (χ2v) is 8.89. The molecule has 1 aliphatic heterocycles. The summed E-state index contributed by atoms with van der Waals surface area (Å²) in [5.74, 6) is 0. The molecule has 0 aliphatic carbocycles. The van der Waals surface area contributed by atoms with Gasteiger partial charge in [-0.25, -0.2) is 9.00 Å². The van der Waals surface area contributed by atoms with E-state index in [0.29, 0.717) is 19.7 Å². The second-order valence-electron chi connectivity index (χ2n) is 6.95. The lowest BCUT2D eigenvalue weighted by molar-refractivity contribution is -0.0196. The third kappa shape index (κ3) is 6.56. The van der Waals surface area contributed by atoms with Crippen LogP contribution in [-0.2, 0) is 20.5 Å². The predicted molar refractivity (Wildman–Crippen MR) is 83.9 cm³/mol. The van der Waals surface area contributed by atoms with Gasteiger partial charge in [0.15, 0.2) is 0 Å². The van der Waals surface area contributed by atoms with E-state index in [9.17, 15) is 9.00 Å². The summed E-state index contributed by atoms with van der Waals surface area (Å²) in [4.78, 5) is 13.6. The minimum atomic E-state index is -1.32. The van der Waals surface area contributed by atoms with Gasteiger partial charge in [0.1, 0.15) is 22.7 Å². The number of amides is 1. The number of hydrogen-bond donors (Lipinski definition) is 0. The highest BCUT2D eigenvalue weighted by Gasteiger charge is 2.28. The zero-order valence-electron chi connectivity index (χ0n) is 13.7. The molecule has 122 valence electrons. The van der Waals surface area contributed by atoms with Crippen LogP contribution in [0.3, 0.4) is 0 Å². The Hall–Kier alpha value is -0.950. The molecular weight excluding hydrogens is 292 g/mol. The molecule has 0 aromatic rings. The van der Waals surface area contributed by atoms with Crippen molar-refractivity contribution in [1.29, 1.82) is 0 Å². The Morgan fingerprint density at radius 1 is 1.33 bits per heavy atom. The maximum atomic E-state index is 12.0. The number of ether oxygens (including phenoxy) is 2. The van der Waals surface area contributed by atoms with Gasteiger partial charge in [0, 0.05) is 12.8 Å². The lowest BCUT2D eigenvalue weighted by Crippen LogP contribution is -2.48. The SMILES string of the molecule is CC(C)(C)OC(=O)N1CCO[C@H](C=N[S@@](=O)C(C)(C)C)C1. The van der Waals surface area contributed by atoms with Gasteiger partial charge in [-0.3, -0.25) is 0 Å². The number of carbonyl (C=O) groups is 1. The van der Waals surface area contributed by atoms with Crippen LogP contribution in [0.2, 0.25) is 0 Å². The molecule has 0 N–H and O–H groups in total. The van der Waals surface area contributed by atoms with Crippen LogP contribution >= 0.6 is 0 Å². The van der Waals surface area contributed by atoms with Gasteiger partial charge in [0.25, 0.3) is 0 Å². The summed E-state index contributed by atoms with van der Waals surface area (Å²) in [6, 6.07) is 0. The molecule has 0 bridgehead atoms. The molecule has 1 heterocycles. The topological polar surface area (TPSA) is 68.2 Å².